The molecule has 1 aromatic rings. The summed E-state index contributed by atoms with van der Waals surface area (Å²) >= 11 is 0. The molecule has 0 saturated carbocycles. The second-order valence-electron chi connectivity index (χ2n) is 2.58. The van der Waals surface area contributed by atoms with E-state index in [1.54, 1.807) is 0 Å². The summed E-state index contributed by atoms with van der Waals surface area (Å²) in [5, 5.41) is 17.7. The SMILES string of the molecule is CC(=O)Oc1cc(O)ccc1C(=O)O. The normalized spacial score (nSPS) is 9.50. The van der Waals surface area contributed by atoms with E-state index in [4.69, 9.17) is 10.2 Å². The molecular weight excluding hydrogens is 188 g/mol. The van der Waals surface area contributed by atoms with Crippen LogP contribution in [0.5, 0.6) is 11.5 Å². The molecule has 2 N–H and O–H groups in total. The first kappa shape index (κ1) is 10.0. The molecule has 0 heterocycles. The molecule has 1 rings (SSSR count). The molecule has 0 saturated heterocycles. The lowest BCUT2D eigenvalue weighted by atomic mass is 10.2. The summed E-state index contributed by atoms with van der Waals surface area (Å²) in [6.45, 7) is 1.15. The van der Waals surface area contributed by atoms with E-state index in [1.807, 2.05) is 0 Å². The molecule has 0 aliphatic heterocycles. The average molecular weight is 196 g/mol. The van der Waals surface area contributed by atoms with Crippen LogP contribution >= 0.6 is 0 Å². The van der Waals surface area contributed by atoms with Gasteiger partial charge < -0.3 is 14.9 Å². The zero-order chi connectivity index (χ0) is 10.7. The predicted molar refractivity (Wildman–Crippen MR) is 46.4 cm³/mol. The van der Waals surface area contributed by atoms with Gasteiger partial charge in [-0.3, -0.25) is 4.79 Å². The zero-order valence-electron chi connectivity index (χ0n) is 7.35. The second kappa shape index (κ2) is 3.78. The summed E-state index contributed by atoms with van der Waals surface area (Å²) in [6.07, 6.45) is 0. The van der Waals surface area contributed by atoms with Gasteiger partial charge in [0.15, 0.2) is 0 Å². The highest BCUT2D eigenvalue weighted by Gasteiger charge is 2.13. The van der Waals surface area contributed by atoms with Crippen molar-refractivity contribution in [1.82, 2.24) is 0 Å². The minimum atomic E-state index is -1.22. The van der Waals surface area contributed by atoms with Gasteiger partial charge in [-0.2, -0.15) is 0 Å². The Bertz CT molecular complexity index is 383. The van der Waals surface area contributed by atoms with Gasteiger partial charge in [-0.05, 0) is 12.1 Å². The van der Waals surface area contributed by atoms with Crippen molar-refractivity contribution >= 4 is 11.9 Å². The molecule has 0 amide bonds. The van der Waals surface area contributed by atoms with Crippen LogP contribution in [0.4, 0.5) is 0 Å². The Hall–Kier alpha value is -2.04. The van der Waals surface area contributed by atoms with Gasteiger partial charge in [0.25, 0.3) is 0 Å². The van der Waals surface area contributed by atoms with Gasteiger partial charge in [0.2, 0.25) is 0 Å². The van der Waals surface area contributed by atoms with E-state index in [9.17, 15) is 9.59 Å². The highest BCUT2D eigenvalue weighted by Crippen LogP contribution is 2.24. The molecule has 5 heteroatoms. The summed E-state index contributed by atoms with van der Waals surface area (Å²) in [4.78, 5) is 21.2. The van der Waals surface area contributed by atoms with Crippen molar-refractivity contribution in [2.24, 2.45) is 0 Å². The number of rotatable bonds is 2. The van der Waals surface area contributed by atoms with Crippen LogP contribution in [-0.4, -0.2) is 22.2 Å². The Balaban J connectivity index is 3.15. The van der Waals surface area contributed by atoms with Crippen molar-refractivity contribution in [2.75, 3.05) is 0 Å². The van der Waals surface area contributed by atoms with E-state index in [0.717, 1.165) is 19.1 Å². The zero-order valence-corrected chi connectivity index (χ0v) is 7.35. The number of ether oxygens (including phenoxy) is 1. The van der Waals surface area contributed by atoms with E-state index in [2.05, 4.69) is 4.74 Å². The van der Waals surface area contributed by atoms with Gasteiger partial charge in [0.05, 0.1) is 0 Å². The van der Waals surface area contributed by atoms with Gasteiger partial charge in [0.1, 0.15) is 17.1 Å². The van der Waals surface area contributed by atoms with Crippen molar-refractivity contribution in [3.05, 3.63) is 23.8 Å². The minimum Gasteiger partial charge on any atom is -0.508 e. The summed E-state index contributed by atoms with van der Waals surface area (Å²) in [7, 11) is 0. The number of carbonyl (C=O) groups is 2. The molecule has 1 aromatic carbocycles. The van der Waals surface area contributed by atoms with Crippen molar-refractivity contribution in [3.63, 3.8) is 0 Å². The maximum atomic E-state index is 10.6. The number of aromatic carboxylic acids is 1. The van der Waals surface area contributed by atoms with Crippen molar-refractivity contribution < 1.29 is 24.5 Å². The number of esters is 1. The van der Waals surface area contributed by atoms with Gasteiger partial charge in [0, 0.05) is 13.0 Å². The number of carbonyl (C=O) groups excluding carboxylic acids is 1. The molecular formula is C9H8O5. The van der Waals surface area contributed by atoms with Crippen LogP contribution in [0.3, 0.4) is 0 Å². The molecule has 0 bridgehead atoms. The van der Waals surface area contributed by atoms with Gasteiger partial charge >= 0.3 is 11.9 Å². The predicted octanol–water partition coefficient (Wildman–Crippen LogP) is 1.02. The molecule has 0 fully saturated rings. The lowest BCUT2D eigenvalue weighted by Crippen LogP contribution is -2.06. The monoisotopic (exact) mass is 196 g/mol. The molecule has 0 atom stereocenters. The third-order valence-corrected chi connectivity index (χ3v) is 1.45. The molecule has 0 spiro atoms. The van der Waals surface area contributed by atoms with E-state index in [1.165, 1.54) is 6.07 Å². The summed E-state index contributed by atoms with van der Waals surface area (Å²) in [6, 6.07) is 3.44. The molecule has 74 valence electrons. The van der Waals surface area contributed by atoms with Crippen LogP contribution in [0.15, 0.2) is 18.2 Å². The number of carboxylic acids is 1. The quantitative estimate of drug-likeness (QED) is 0.544. The number of benzene rings is 1. The second-order valence-corrected chi connectivity index (χ2v) is 2.58. The smallest absolute Gasteiger partial charge is 0.339 e. The summed E-state index contributed by atoms with van der Waals surface area (Å²) in [5.74, 6) is -2.18. The van der Waals surface area contributed by atoms with Crippen molar-refractivity contribution in [3.8, 4) is 11.5 Å². The van der Waals surface area contributed by atoms with Crippen LogP contribution in [0.25, 0.3) is 0 Å². The fourth-order valence-electron chi connectivity index (χ4n) is 0.927. The van der Waals surface area contributed by atoms with Gasteiger partial charge in [-0.15, -0.1) is 0 Å². The van der Waals surface area contributed by atoms with Gasteiger partial charge in [-0.1, -0.05) is 0 Å². The third kappa shape index (κ3) is 2.22. The first-order chi connectivity index (χ1) is 6.50. The fraction of sp³-hybridized carbons (Fsp3) is 0.111. The number of carboxylic acid groups (broad SMARTS) is 1. The van der Waals surface area contributed by atoms with Crippen LogP contribution in [0.1, 0.15) is 17.3 Å². The number of phenolic OH excluding ortho intramolecular Hbond substituents is 1. The van der Waals surface area contributed by atoms with E-state index < -0.39 is 11.9 Å². The van der Waals surface area contributed by atoms with Gasteiger partial charge in [-0.25, -0.2) is 4.79 Å². The summed E-state index contributed by atoms with van der Waals surface area (Å²) < 4.78 is 4.61. The van der Waals surface area contributed by atoms with E-state index in [-0.39, 0.29) is 17.1 Å². The third-order valence-electron chi connectivity index (χ3n) is 1.45. The molecule has 0 unspecified atom stereocenters. The number of hydrogen-bond donors (Lipinski definition) is 2. The van der Waals surface area contributed by atoms with Crippen LogP contribution in [0, 0.1) is 0 Å². The molecule has 0 aromatic heterocycles. The Morgan fingerprint density at radius 1 is 1.36 bits per heavy atom. The van der Waals surface area contributed by atoms with Crippen LogP contribution in [0.2, 0.25) is 0 Å². The van der Waals surface area contributed by atoms with Crippen molar-refractivity contribution in [1.29, 1.82) is 0 Å². The number of hydrogen-bond acceptors (Lipinski definition) is 4. The minimum absolute atomic E-state index is 0.161. The Morgan fingerprint density at radius 3 is 2.50 bits per heavy atom. The van der Waals surface area contributed by atoms with Crippen LogP contribution < -0.4 is 4.74 Å². The Labute approximate surface area is 79.6 Å². The van der Waals surface area contributed by atoms with E-state index >= 15 is 0 Å². The maximum Gasteiger partial charge on any atom is 0.339 e. The topological polar surface area (TPSA) is 83.8 Å². The molecule has 0 aliphatic carbocycles. The molecule has 0 aliphatic rings. The molecule has 0 radical (unpaired) electrons. The lowest BCUT2D eigenvalue weighted by Gasteiger charge is -2.05. The maximum absolute atomic E-state index is 10.6. The largest absolute Gasteiger partial charge is 0.508 e. The highest BCUT2D eigenvalue weighted by atomic mass is 16.5. The Kier molecular flexibility index (Phi) is 2.71. The Morgan fingerprint density at radius 2 is 2.00 bits per heavy atom. The first-order valence-electron chi connectivity index (χ1n) is 3.75. The molecule has 5 nitrogen and oxygen atoms in total. The summed E-state index contributed by atoms with van der Waals surface area (Å²) in [5.41, 5.74) is -0.169. The molecule has 14 heavy (non-hydrogen) atoms. The standard InChI is InChI=1S/C9H8O5/c1-5(10)14-8-4-6(11)2-3-7(8)9(12)13/h2-4,11H,1H3,(H,12,13). The van der Waals surface area contributed by atoms with E-state index in [0.29, 0.717) is 0 Å². The highest BCUT2D eigenvalue weighted by molar-refractivity contribution is 5.92. The first-order valence-corrected chi connectivity index (χ1v) is 3.75. The lowest BCUT2D eigenvalue weighted by molar-refractivity contribution is -0.131. The number of aromatic hydroxyl groups is 1. The average Bonchev–Trinajstić information content (AvgIpc) is 2.01. The fourth-order valence-corrected chi connectivity index (χ4v) is 0.927. The van der Waals surface area contributed by atoms with Crippen molar-refractivity contribution in [2.45, 2.75) is 6.92 Å². The van der Waals surface area contributed by atoms with Crippen LogP contribution in [-0.2, 0) is 4.79 Å². The number of phenols is 1.